The van der Waals surface area contributed by atoms with Crippen LogP contribution in [0.4, 0.5) is 15.8 Å². The Morgan fingerprint density at radius 1 is 1.30 bits per heavy atom. The van der Waals surface area contributed by atoms with Gasteiger partial charge in [0.05, 0.1) is 11.0 Å². The van der Waals surface area contributed by atoms with E-state index < -0.39 is 10.7 Å². The molecule has 0 spiro atoms. The molecule has 0 amide bonds. The molecule has 0 bridgehead atoms. The molecule has 0 saturated carbocycles. The van der Waals surface area contributed by atoms with Crippen LogP contribution in [0.1, 0.15) is 18.5 Å². The van der Waals surface area contributed by atoms with Gasteiger partial charge >= 0.3 is 0 Å². The second-order valence-electron chi connectivity index (χ2n) is 4.31. The Morgan fingerprint density at radius 2 is 2.00 bits per heavy atom. The molecule has 0 aliphatic heterocycles. The van der Waals surface area contributed by atoms with E-state index in [-0.39, 0.29) is 11.7 Å². The highest BCUT2D eigenvalue weighted by molar-refractivity contribution is 9.10. The summed E-state index contributed by atoms with van der Waals surface area (Å²) in [5.74, 6) is -0.629. The molecule has 6 heteroatoms. The third-order valence-electron chi connectivity index (χ3n) is 2.90. The summed E-state index contributed by atoms with van der Waals surface area (Å²) < 4.78 is 14.0. The van der Waals surface area contributed by atoms with E-state index in [9.17, 15) is 14.5 Å². The Balaban J connectivity index is 2.31. The summed E-state index contributed by atoms with van der Waals surface area (Å²) in [5.41, 5.74) is 0.981. The smallest absolute Gasteiger partial charge is 0.295 e. The Hall–Kier alpha value is -1.95. The summed E-state index contributed by atoms with van der Waals surface area (Å²) in [4.78, 5) is 10.3. The molecule has 1 unspecified atom stereocenters. The van der Waals surface area contributed by atoms with Crippen molar-refractivity contribution in [2.24, 2.45) is 0 Å². The predicted molar refractivity (Wildman–Crippen MR) is 79.2 cm³/mol. The van der Waals surface area contributed by atoms with E-state index in [2.05, 4.69) is 21.2 Å². The van der Waals surface area contributed by atoms with Crippen LogP contribution in [0.3, 0.4) is 0 Å². The number of nitrogens with zero attached hydrogens (tertiary/aromatic N) is 1. The SMILES string of the molecule is CC(Nc1ccc(F)cc1[N+](=O)[O-])c1ccccc1Br. The monoisotopic (exact) mass is 338 g/mol. The summed E-state index contributed by atoms with van der Waals surface area (Å²) in [6.45, 7) is 1.88. The van der Waals surface area contributed by atoms with Gasteiger partial charge < -0.3 is 5.32 Å². The van der Waals surface area contributed by atoms with Crippen molar-refractivity contribution in [2.75, 3.05) is 5.32 Å². The van der Waals surface area contributed by atoms with Crippen molar-refractivity contribution in [3.05, 3.63) is 68.4 Å². The highest BCUT2D eigenvalue weighted by Crippen LogP contribution is 2.31. The molecule has 104 valence electrons. The molecule has 2 rings (SSSR count). The number of halogens is 2. The van der Waals surface area contributed by atoms with Crippen LogP contribution in [0.15, 0.2) is 46.9 Å². The topological polar surface area (TPSA) is 55.2 Å². The zero-order chi connectivity index (χ0) is 14.7. The maximum absolute atomic E-state index is 13.1. The fraction of sp³-hybridized carbons (Fsp3) is 0.143. The first-order chi connectivity index (χ1) is 9.49. The van der Waals surface area contributed by atoms with E-state index in [4.69, 9.17) is 0 Å². The summed E-state index contributed by atoms with van der Waals surface area (Å²) >= 11 is 3.44. The van der Waals surface area contributed by atoms with Gasteiger partial charge in [-0.15, -0.1) is 0 Å². The zero-order valence-electron chi connectivity index (χ0n) is 10.6. The second-order valence-corrected chi connectivity index (χ2v) is 5.16. The van der Waals surface area contributed by atoms with Gasteiger partial charge in [0.2, 0.25) is 0 Å². The van der Waals surface area contributed by atoms with Crippen molar-refractivity contribution in [1.29, 1.82) is 0 Å². The number of hydrogen-bond donors (Lipinski definition) is 1. The van der Waals surface area contributed by atoms with Crippen LogP contribution in [0.5, 0.6) is 0 Å². The van der Waals surface area contributed by atoms with Gasteiger partial charge in [0.15, 0.2) is 0 Å². The second kappa shape index (κ2) is 6.00. The summed E-state index contributed by atoms with van der Waals surface area (Å²) in [5, 5.41) is 14.0. The van der Waals surface area contributed by atoms with E-state index in [0.717, 1.165) is 16.1 Å². The summed E-state index contributed by atoms with van der Waals surface area (Å²) in [7, 11) is 0. The minimum Gasteiger partial charge on any atom is -0.373 e. The lowest BCUT2D eigenvalue weighted by atomic mass is 10.1. The van der Waals surface area contributed by atoms with Gasteiger partial charge in [0.25, 0.3) is 5.69 Å². The molecule has 0 heterocycles. The third kappa shape index (κ3) is 3.14. The fourth-order valence-electron chi connectivity index (χ4n) is 1.92. The van der Waals surface area contributed by atoms with Gasteiger partial charge in [-0.1, -0.05) is 34.1 Å². The molecule has 0 saturated heterocycles. The number of benzene rings is 2. The highest BCUT2D eigenvalue weighted by Gasteiger charge is 2.17. The number of hydrogen-bond acceptors (Lipinski definition) is 3. The van der Waals surface area contributed by atoms with Crippen LogP contribution < -0.4 is 5.32 Å². The van der Waals surface area contributed by atoms with Gasteiger partial charge in [0, 0.05) is 10.5 Å². The maximum atomic E-state index is 13.1. The molecule has 0 aliphatic carbocycles. The van der Waals surface area contributed by atoms with Crippen LogP contribution in [0.25, 0.3) is 0 Å². The normalized spacial score (nSPS) is 11.9. The summed E-state index contributed by atoms with van der Waals surface area (Å²) in [6.07, 6.45) is 0. The number of nitro groups is 1. The van der Waals surface area contributed by atoms with Crippen LogP contribution in [0.2, 0.25) is 0 Å². The van der Waals surface area contributed by atoms with Crippen LogP contribution in [-0.2, 0) is 0 Å². The average molecular weight is 339 g/mol. The van der Waals surface area contributed by atoms with Crippen molar-refractivity contribution >= 4 is 27.3 Å². The van der Waals surface area contributed by atoms with E-state index in [1.54, 1.807) is 0 Å². The Labute approximate surface area is 123 Å². The molecule has 4 nitrogen and oxygen atoms in total. The first-order valence-electron chi connectivity index (χ1n) is 5.94. The number of rotatable bonds is 4. The molecular formula is C14H12BrFN2O2. The van der Waals surface area contributed by atoms with Gasteiger partial charge in [-0.25, -0.2) is 4.39 Å². The minimum absolute atomic E-state index is 0.158. The average Bonchev–Trinajstić information content (AvgIpc) is 2.41. The zero-order valence-corrected chi connectivity index (χ0v) is 12.2. The Morgan fingerprint density at radius 3 is 2.65 bits per heavy atom. The number of anilines is 1. The lowest BCUT2D eigenvalue weighted by Crippen LogP contribution is -2.09. The number of nitro benzene ring substituents is 1. The molecule has 1 N–H and O–H groups in total. The van der Waals surface area contributed by atoms with Crippen LogP contribution >= 0.6 is 15.9 Å². The molecule has 2 aromatic carbocycles. The maximum Gasteiger partial charge on any atom is 0.295 e. The van der Waals surface area contributed by atoms with E-state index in [0.29, 0.717) is 5.69 Å². The Bertz CT molecular complexity index is 649. The number of nitrogens with one attached hydrogen (secondary N) is 1. The first-order valence-corrected chi connectivity index (χ1v) is 6.73. The molecule has 2 aromatic rings. The lowest BCUT2D eigenvalue weighted by molar-refractivity contribution is -0.384. The molecule has 0 aliphatic rings. The van der Waals surface area contributed by atoms with Gasteiger partial charge in [-0.2, -0.15) is 0 Å². The minimum atomic E-state index is -0.629. The van der Waals surface area contributed by atoms with Crippen molar-refractivity contribution in [2.45, 2.75) is 13.0 Å². The van der Waals surface area contributed by atoms with Crippen LogP contribution in [-0.4, -0.2) is 4.92 Å². The highest BCUT2D eigenvalue weighted by atomic mass is 79.9. The lowest BCUT2D eigenvalue weighted by Gasteiger charge is -2.17. The quantitative estimate of drug-likeness (QED) is 0.651. The van der Waals surface area contributed by atoms with Crippen molar-refractivity contribution in [3.63, 3.8) is 0 Å². The van der Waals surface area contributed by atoms with E-state index in [1.807, 2.05) is 31.2 Å². The van der Waals surface area contributed by atoms with Crippen molar-refractivity contribution in [1.82, 2.24) is 0 Å². The Kier molecular flexibility index (Phi) is 4.34. The predicted octanol–water partition coefficient (Wildman–Crippen LogP) is 4.67. The largest absolute Gasteiger partial charge is 0.373 e. The van der Waals surface area contributed by atoms with Gasteiger partial charge in [-0.3, -0.25) is 10.1 Å². The fourth-order valence-corrected chi connectivity index (χ4v) is 2.54. The van der Waals surface area contributed by atoms with Crippen LogP contribution in [0, 0.1) is 15.9 Å². The van der Waals surface area contributed by atoms with Crippen molar-refractivity contribution in [3.8, 4) is 0 Å². The third-order valence-corrected chi connectivity index (χ3v) is 3.62. The van der Waals surface area contributed by atoms with Gasteiger partial charge in [0.1, 0.15) is 11.5 Å². The molecule has 20 heavy (non-hydrogen) atoms. The molecular weight excluding hydrogens is 327 g/mol. The van der Waals surface area contributed by atoms with E-state index in [1.165, 1.54) is 12.1 Å². The first kappa shape index (κ1) is 14.5. The molecule has 1 atom stereocenters. The molecule has 0 aromatic heterocycles. The molecule has 0 radical (unpaired) electrons. The van der Waals surface area contributed by atoms with Gasteiger partial charge in [-0.05, 0) is 30.7 Å². The summed E-state index contributed by atoms with van der Waals surface area (Å²) in [6, 6.07) is 10.9. The standard InChI is InChI=1S/C14H12BrFN2O2/c1-9(11-4-2-3-5-12(11)15)17-13-7-6-10(16)8-14(13)18(19)20/h2-9,17H,1H3. The molecule has 0 fully saturated rings. The van der Waals surface area contributed by atoms with E-state index >= 15 is 0 Å². The van der Waals surface area contributed by atoms with Crippen molar-refractivity contribution < 1.29 is 9.31 Å².